The van der Waals surface area contributed by atoms with E-state index in [1.54, 1.807) is 24.3 Å². The van der Waals surface area contributed by atoms with Crippen molar-refractivity contribution in [2.24, 2.45) is 0 Å². The lowest BCUT2D eigenvalue weighted by Gasteiger charge is -2.21. The molecule has 0 aliphatic heterocycles. The predicted molar refractivity (Wildman–Crippen MR) is 66.8 cm³/mol. The summed E-state index contributed by atoms with van der Waals surface area (Å²) in [4.78, 5) is 23.5. The van der Waals surface area contributed by atoms with E-state index in [1.165, 1.54) is 14.0 Å². The summed E-state index contributed by atoms with van der Waals surface area (Å²) in [6.07, 6.45) is 0. The first kappa shape index (κ1) is 14.3. The van der Waals surface area contributed by atoms with Gasteiger partial charge in [0.15, 0.2) is 6.61 Å². The summed E-state index contributed by atoms with van der Waals surface area (Å²) in [5.74, 6) is -0.957. The molecular weight excluding hydrogens is 258 g/mol. The van der Waals surface area contributed by atoms with Crippen LogP contribution in [-0.4, -0.2) is 41.6 Å². The van der Waals surface area contributed by atoms with Crippen molar-refractivity contribution in [3.63, 3.8) is 0 Å². The van der Waals surface area contributed by atoms with Gasteiger partial charge in [-0.3, -0.25) is 4.79 Å². The quantitative estimate of drug-likeness (QED) is 0.884. The number of rotatable bonds is 5. The minimum atomic E-state index is -1.06. The van der Waals surface area contributed by atoms with E-state index >= 15 is 0 Å². The fourth-order valence-electron chi connectivity index (χ4n) is 1.16. The lowest BCUT2D eigenvalue weighted by atomic mass is 10.3. The molecule has 98 valence electrons. The van der Waals surface area contributed by atoms with Crippen molar-refractivity contribution in [1.29, 1.82) is 0 Å². The highest BCUT2D eigenvalue weighted by Gasteiger charge is 2.21. The molecule has 0 spiro atoms. The summed E-state index contributed by atoms with van der Waals surface area (Å²) >= 11 is 5.71. The van der Waals surface area contributed by atoms with Gasteiger partial charge in [0.05, 0.1) is 0 Å². The predicted octanol–water partition coefficient (Wildman–Crippen LogP) is 1.65. The summed E-state index contributed by atoms with van der Waals surface area (Å²) in [5, 5.41) is 9.34. The van der Waals surface area contributed by atoms with Crippen molar-refractivity contribution in [1.82, 2.24) is 4.90 Å². The van der Waals surface area contributed by atoms with Gasteiger partial charge in [0.1, 0.15) is 11.8 Å². The number of carboxylic acids is 1. The molecule has 1 aromatic rings. The van der Waals surface area contributed by atoms with Gasteiger partial charge < -0.3 is 14.7 Å². The Hall–Kier alpha value is -1.75. The van der Waals surface area contributed by atoms with E-state index in [0.717, 1.165) is 4.90 Å². The van der Waals surface area contributed by atoms with Crippen LogP contribution < -0.4 is 4.74 Å². The van der Waals surface area contributed by atoms with E-state index in [1.807, 2.05) is 0 Å². The molecule has 0 heterocycles. The molecule has 0 fully saturated rings. The van der Waals surface area contributed by atoms with Crippen LogP contribution in [0.1, 0.15) is 6.92 Å². The zero-order valence-electron chi connectivity index (χ0n) is 10.1. The van der Waals surface area contributed by atoms with Crippen LogP contribution in [0.5, 0.6) is 5.75 Å². The van der Waals surface area contributed by atoms with Gasteiger partial charge in [0, 0.05) is 12.1 Å². The van der Waals surface area contributed by atoms with Gasteiger partial charge in [-0.25, -0.2) is 4.79 Å². The third-order valence-electron chi connectivity index (χ3n) is 2.51. The fourth-order valence-corrected chi connectivity index (χ4v) is 1.29. The Morgan fingerprint density at radius 1 is 1.39 bits per heavy atom. The Morgan fingerprint density at radius 3 is 2.44 bits per heavy atom. The minimum absolute atomic E-state index is 0.213. The van der Waals surface area contributed by atoms with Crippen molar-refractivity contribution in [2.45, 2.75) is 13.0 Å². The molecule has 18 heavy (non-hydrogen) atoms. The Balaban J connectivity index is 2.50. The number of carbonyl (C=O) groups is 2. The lowest BCUT2D eigenvalue weighted by molar-refractivity contribution is -0.148. The minimum Gasteiger partial charge on any atom is -0.484 e. The number of benzene rings is 1. The van der Waals surface area contributed by atoms with Crippen LogP contribution in [0.4, 0.5) is 0 Å². The standard InChI is InChI=1S/C12H14ClNO4/c1-8(12(16)17)14(2)11(15)7-18-10-5-3-9(13)4-6-10/h3-6,8H,7H2,1-2H3,(H,16,17). The number of aliphatic carboxylic acids is 1. The maximum Gasteiger partial charge on any atom is 0.326 e. The third-order valence-corrected chi connectivity index (χ3v) is 2.76. The number of nitrogens with zero attached hydrogens (tertiary/aromatic N) is 1. The van der Waals surface area contributed by atoms with E-state index in [-0.39, 0.29) is 6.61 Å². The molecule has 5 nitrogen and oxygen atoms in total. The van der Waals surface area contributed by atoms with Crippen LogP contribution in [-0.2, 0) is 9.59 Å². The number of halogens is 1. The zero-order chi connectivity index (χ0) is 13.7. The number of likely N-dealkylation sites (N-methyl/N-ethyl adjacent to an activating group) is 1. The first-order chi connectivity index (χ1) is 8.41. The van der Waals surface area contributed by atoms with E-state index in [2.05, 4.69) is 0 Å². The van der Waals surface area contributed by atoms with E-state index in [0.29, 0.717) is 10.8 Å². The highest BCUT2D eigenvalue weighted by Crippen LogP contribution is 2.15. The van der Waals surface area contributed by atoms with Crippen LogP contribution in [0.15, 0.2) is 24.3 Å². The molecule has 0 aliphatic rings. The second kappa shape index (κ2) is 6.26. The molecule has 1 aromatic carbocycles. The maximum atomic E-state index is 11.6. The van der Waals surface area contributed by atoms with E-state index in [9.17, 15) is 9.59 Å². The second-order valence-electron chi connectivity index (χ2n) is 3.76. The van der Waals surface area contributed by atoms with Crippen LogP contribution in [0.2, 0.25) is 5.02 Å². The number of carboxylic acid groups (broad SMARTS) is 1. The number of ether oxygens (including phenoxy) is 1. The zero-order valence-corrected chi connectivity index (χ0v) is 10.8. The summed E-state index contributed by atoms with van der Waals surface area (Å²) in [7, 11) is 1.42. The number of amides is 1. The van der Waals surface area contributed by atoms with Crippen LogP contribution in [0.3, 0.4) is 0 Å². The van der Waals surface area contributed by atoms with E-state index in [4.69, 9.17) is 21.4 Å². The van der Waals surface area contributed by atoms with Gasteiger partial charge >= 0.3 is 5.97 Å². The number of hydrogen-bond acceptors (Lipinski definition) is 3. The largest absolute Gasteiger partial charge is 0.484 e. The van der Waals surface area contributed by atoms with Gasteiger partial charge in [-0.1, -0.05) is 11.6 Å². The van der Waals surface area contributed by atoms with Crippen molar-refractivity contribution in [3.05, 3.63) is 29.3 Å². The molecule has 1 amide bonds. The van der Waals surface area contributed by atoms with Crippen LogP contribution in [0.25, 0.3) is 0 Å². The first-order valence-corrected chi connectivity index (χ1v) is 5.66. The van der Waals surface area contributed by atoms with Crippen LogP contribution >= 0.6 is 11.6 Å². The fraction of sp³-hybridized carbons (Fsp3) is 0.333. The summed E-state index contributed by atoms with van der Waals surface area (Å²) in [5.41, 5.74) is 0. The molecule has 0 radical (unpaired) electrons. The molecule has 1 atom stereocenters. The Labute approximate surface area is 110 Å². The molecule has 0 saturated carbocycles. The average molecular weight is 272 g/mol. The highest BCUT2D eigenvalue weighted by atomic mass is 35.5. The van der Waals surface area contributed by atoms with Crippen LogP contribution in [0, 0.1) is 0 Å². The molecular formula is C12H14ClNO4. The Kier molecular flexibility index (Phi) is 4.97. The second-order valence-corrected chi connectivity index (χ2v) is 4.20. The van der Waals surface area contributed by atoms with Crippen molar-refractivity contribution in [3.8, 4) is 5.75 Å². The number of hydrogen-bond donors (Lipinski definition) is 1. The third kappa shape index (κ3) is 3.92. The van der Waals surface area contributed by atoms with Crippen molar-refractivity contribution in [2.75, 3.05) is 13.7 Å². The molecule has 1 N–H and O–H groups in total. The molecule has 1 rings (SSSR count). The molecule has 0 aromatic heterocycles. The average Bonchev–Trinajstić information content (AvgIpc) is 2.35. The molecule has 0 bridgehead atoms. The smallest absolute Gasteiger partial charge is 0.326 e. The van der Waals surface area contributed by atoms with Gasteiger partial charge in [-0.2, -0.15) is 0 Å². The summed E-state index contributed by atoms with van der Waals surface area (Å²) in [6, 6.07) is 5.67. The Morgan fingerprint density at radius 2 is 1.94 bits per heavy atom. The highest BCUT2D eigenvalue weighted by molar-refractivity contribution is 6.30. The molecule has 6 heteroatoms. The van der Waals surface area contributed by atoms with Gasteiger partial charge in [0.25, 0.3) is 5.91 Å². The summed E-state index contributed by atoms with van der Waals surface area (Å²) < 4.78 is 5.23. The first-order valence-electron chi connectivity index (χ1n) is 5.28. The molecule has 1 unspecified atom stereocenters. The number of carbonyl (C=O) groups excluding carboxylic acids is 1. The normalized spacial score (nSPS) is 11.7. The van der Waals surface area contributed by atoms with Crippen molar-refractivity contribution < 1.29 is 19.4 Å². The van der Waals surface area contributed by atoms with Crippen molar-refractivity contribution >= 4 is 23.5 Å². The lowest BCUT2D eigenvalue weighted by Crippen LogP contribution is -2.42. The maximum absolute atomic E-state index is 11.6. The monoisotopic (exact) mass is 271 g/mol. The van der Waals surface area contributed by atoms with E-state index < -0.39 is 17.9 Å². The van der Waals surface area contributed by atoms with Gasteiger partial charge in [-0.15, -0.1) is 0 Å². The van der Waals surface area contributed by atoms with Gasteiger partial charge in [0.2, 0.25) is 0 Å². The molecule has 0 saturated heterocycles. The topological polar surface area (TPSA) is 66.8 Å². The summed E-state index contributed by atoms with van der Waals surface area (Å²) in [6.45, 7) is 1.22. The molecule has 0 aliphatic carbocycles. The Bertz CT molecular complexity index is 432. The van der Waals surface area contributed by atoms with Gasteiger partial charge in [-0.05, 0) is 31.2 Å². The SMILES string of the molecule is CC(C(=O)O)N(C)C(=O)COc1ccc(Cl)cc1.